The maximum absolute atomic E-state index is 15.8. The number of nitrogens with zero attached hydrogens (tertiary/aromatic N) is 4. The fourth-order valence-corrected chi connectivity index (χ4v) is 4.79. The molecular weight excluding hydrogens is 484 g/mol. The van der Waals surface area contributed by atoms with Crippen LogP contribution in [-0.4, -0.2) is 63.5 Å². The lowest BCUT2D eigenvalue weighted by Gasteiger charge is -2.33. The van der Waals surface area contributed by atoms with Crippen LogP contribution in [0.5, 0.6) is 0 Å². The van der Waals surface area contributed by atoms with Gasteiger partial charge in [-0.25, -0.2) is 13.6 Å². The number of halogens is 2. The molecule has 2 aliphatic rings. The molecule has 2 fully saturated rings. The molecule has 37 heavy (non-hydrogen) atoms. The van der Waals surface area contributed by atoms with Gasteiger partial charge in [-0.3, -0.25) is 9.59 Å². The minimum atomic E-state index is -0.894. The molecule has 1 unspecified atom stereocenters. The van der Waals surface area contributed by atoms with Crippen LogP contribution in [0.2, 0.25) is 0 Å². The van der Waals surface area contributed by atoms with Gasteiger partial charge in [0.15, 0.2) is 17.4 Å². The van der Waals surface area contributed by atoms with E-state index in [-0.39, 0.29) is 54.9 Å². The molecule has 2 aromatic heterocycles. The van der Waals surface area contributed by atoms with Crippen molar-refractivity contribution in [3.63, 3.8) is 0 Å². The lowest BCUT2D eigenvalue weighted by Crippen LogP contribution is -2.48. The highest BCUT2D eigenvalue weighted by atomic mass is 19.1. The number of piperidine rings is 1. The molecule has 2 amide bonds. The smallest absolute Gasteiger partial charge is 0.320 e. The van der Waals surface area contributed by atoms with Gasteiger partial charge in [0.05, 0.1) is 18.0 Å². The number of furan rings is 1. The van der Waals surface area contributed by atoms with Crippen molar-refractivity contribution in [3.05, 3.63) is 70.8 Å². The van der Waals surface area contributed by atoms with E-state index in [9.17, 15) is 18.8 Å². The highest BCUT2D eigenvalue weighted by Gasteiger charge is 2.38. The van der Waals surface area contributed by atoms with Crippen LogP contribution >= 0.6 is 0 Å². The van der Waals surface area contributed by atoms with Crippen LogP contribution in [0.1, 0.15) is 52.6 Å². The highest BCUT2D eigenvalue weighted by molar-refractivity contribution is 5.97. The van der Waals surface area contributed by atoms with Crippen molar-refractivity contribution in [3.8, 4) is 0 Å². The van der Waals surface area contributed by atoms with Crippen molar-refractivity contribution in [2.75, 3.05) is 31.5 Å². The Morgan fingerprint density at radius 3 is 2.49 bits per heavy atom. The summed E-state index contributed by atoms with van der Waals surface area (Å²) in [7, 11) is 0. The standard InChI is InChI=1S/C26H27F2N5O4/c1-16-12-18(15-37-16)25(35)33-24(29-13-17-4-6-19(27)7-5-17)22(28)23(30-33)20-8-11-32(14-21(20)34)26(36)31-9-2-3-10-31/h4-7,12,15,20,29H,2-3,8-11,13-14H2,1H3. The molecule has 194 valence electrons. The molecule has 5 rings (SSSR count). The zero-order chi connectivity index (χ0) is 26.1. The summed E-state index contributed by atoms with van der Waals surface area (Å²) in [6.45, 7) is 3.26. The number of rotatable bonds is 5. The van der Waals surface area contributed by atoms with Crippen molar-refractivity contribution in [1.82, 2.24) is 19.6 Å². The highest BCUT2D eigenvalue weighted by Crippen LogP contribution is 2.32. The average Bonchev–Trinajstić information content (AvgIpc) is 3.64. The molecule has 0 radical (unpaired) electrons. The Labute approximate surface area is 212 Å². The van der Waals surface area contributed by atoms with Gasteiger partial charge in [-0.05, 0) is 49.9 Å². The molecule has 0 aliphatic carbocycles. The first-order valence-corrected chi connectivity index (χ1v) is 12.2. The number of amides is 2. The molecule has 0 spiro atoms. The Hall–Kier alpha value is -4.02. The molecule has 1 N–H and O–H groups in total. The van der Waals surface area contributed by atoms with Crippen molar-refractivity contribution < 1.29 is 27.6 Å². The van der Waals surface area contributed by atoms with E-state index in [0.29, 0.717) is 24.4 Å². The first-order valence-electron chi connectivity index (χ1n) is 12.2. The van der Waals surface area contributed by atoms with E-state index in [1.165, 1.54) is 29.4 Å². The molecule has 9 nitrogen and oxygen atoms in total. The topological polar surface area (TPSA) is 101 Å². The van der Waals surface area contributed by atoms with Gasteiger partial charge in [-0.15, -0.1) is 0 Å². The van der Waals surface area contributed by atoms with E-state index in [1.807, 2.05) is 0 Å². The third-order valence-corrected chi connectivity index (χ3v) is 6.80. The summed E-state index contributed by atoms with van der Waals surface area (Å²) in [6.07, 6.45) is 3.34. The Bertz CT molecular complexity index is 1330. The third-order valence-electron chi connectivity index (χ3n) is 6.80. The van der Waals surface area contributed by atoms with E-state index in [1.54, 1.807) is 24.0 Å². The number of aryl methyl sites for hydroxylation is 1. The maximum atomic E-state index is 15.8. The predicted molar refractivity (Wildman–Crippen MR) is 129 cm³/mol. The van der Waals surface area contributed by atoms with Gasteiger partial charge in [0.2, 0.25) is 0 Å². The van der Waals surface area contributed by atoms with Gasteiger partial charge in [0, 0.05) is 26.2 Å². The molecule has 4 heterocycles. The summed E-state index contributed by atoms with van der Waals surface area (Å²) < 4.78 is 35.2. The van der Waals surface area contributed by atoms with Gasteiger partial charge in [0.25, 0.3) is 5.91 Å². The molecular formula is C26H27F2N5O4. The Morgan fingerprint density at radius 1 is 1.11 bits per heavy atom. The largest absolute Gasteiger partial charge is 0.469 e. The van der Waals surface area contributed by atoms with E-state index in [0.717, 1.165) is 17.5 Å². The average molecular weight is 512 g/mol. The normalized spacial score (nSPS) is 17.9. The Morgan fingerprint density at radius 2 is 1.84 bits per heavy atom. The van der Waals surface area contributed by atoms with Crippen LogP contribution in [0.15, 0.2) is 41.0 Å². The molecule has 2 saturated heterocycles. The summed E-state index contributed by atoms with van der Waals surface area (Å²) in [6, 6.07) is 6.98. The maximum Gasteiger partial charge on any atom is 0.320 e. The molecule has 1 atom stereocenters. The van der Waals surface area contributed by atoms with E-state index in [2.05, 4.69) is 10.4 Å². The molecule has 11 heteroatoms. The van der Waals surface area contributed by atoms with Crippen LogP contribution in [0, 0.1) is 18.6 Å². The number of likely N-dealkylation sites (tertiary alicyclic amines) is 2. The zero-order valence-electron chi connectivity index (χ0n) is 20.4. The third kappa shape index (κ3) is 4.98. The second kappa shape index (κ2) is 10.2. The number of hydrogen-bond donors (Lipinski definition) is 1. The molecule has 0 saturated carbocycles. The van der Waals surface area contributed by atoms with Gasteiger partial charge in [0.1, 0.15) is 23.5 Å². The lowest BCUT2D eigenvalue weighted by molar-refractivity contribution is -0.123. The van der Waals surface area contributed by atoms with Gasteiger partial charge < -0.3 is 19.5 Å². The molecule has 3 aromatic rings. The number of aromatic nitrogens is 2. The Kier molecular flexibility index (Phi) is 6.77. The van der Waals surface area contributed by atoms with Crippen LogP contribution in [0.3, 0.4) is 0 Å². The number of carbonyl (C=O) groups is 3. The van der Waals surface area contributed by atoms with E-state index < -0.39 is 23.5 Å². The zero-order valence-corrected chi connectivity index (χ0v) is 20.4. The first kappa shape index (κ1) is 24.7. The van der Waals surface area contributed by atoms with Crippen LogP contribution in [0.4, 0.5) is 19.4 Å². The monoisotopic (exact) mass is 511 g/mol. The number of hydrogen-bond acceptors (Lipinski definition) is 6. The van der Waals surface area contributed by atoms with Crippen molar-refractivity contribution >= 4 is 23.5 Å². The van der Waals surface area contributed by atoms with Gasteiger partial charge >= 0.3 is 6.03 Å². The summed E-state index contributed by atoms with van der Waals surface area (Å²) in [5.74, 6) is -2.77. The number of carbonyl (C=O) groups excluding carboxylic acids is 3. The quantitative estimate of drug-likeness (QED) is 0.557. The summed E-state index contributed by atoms with van der Waals surface area (Å²) in [4.78, 5) is 42.2. The van der Waals surface area contributed by atoms with E-state index in [4.69, 9.17) is 4.42 Å². The molecule has 1 aromatic carbocycles. The predicted octanol–water partition coefficient (Wildman–Crippen LogP) is 3.94. The van der Waals surface area contributed by atoms with Crippen LogP contribution in [-0.2, 0) is 11.3 Å². The summed E-state index contributed by atoms with van der Waals surface area (Å²) in [5, 5.41) is 7.12. The van der Waals surface area contributed by atoms with Gasteiger partial charge in [-0.2, -0.15) is 9.78 Å². The van der Waals surface area contributed by atoms with Crippen molar-refractivity contribution in [2.45, 2.75) is 38.6 Å². The number of ketones is 1. The SMILES string of the molecule is Cc1cc(C(=O)n2nc(C3CCN(C(=O)N4CCCC4)CC3=O)c(F)c2NCc2ccc(F)cc2)co1. The van der Waals surface area contributed by atoms with E-state index >= 15 is 4.39 Å². The molecule has 0 bridgehead atoms. The van der Waals surface area contributed by atoms with Crippen molar-refractivity contribution in [2.24, 2.45) is 0 Å². The second-order valence-corrected chi connectivity index (χ2v) is 9.40. The van der Waals surface area contributed by atoms with Crippen LogP contribution < -0.4 is 5.32 Å². The summed E-state index contributed by atoms with van der Waals surface area (Å²) in [5.41, 5.74) is 0.689. The first-order chi connectivity index (χ1) is 17.8. The summed E-state index contributed by atoms with van der Waals surface area (Å²) >= 11 is 0. The number of anilines is 1. The lowest BCUT2D eigenvalue weighted by atomic mass is 9.92. The molecule has 2 aliphatic heterocycles. The second-order valence-electron chi connectivity index (χ2n) is 9.40. The minimum Gasteiger partial charge on any atom is -0.469 e. The van der Waals surface area contributed by atoms with Gasteiger partial charge in [-0.1, -0.05) is 12.1 Å². The number of nitrogens with one attached hydrogen (secondary N) is 1. The fourth-order valence-electron chi connectivity index (χ4n) is 4.79. The van der Waals surface area contributed by atoms with Crippen LogP contribution in [0.25, 0.3) is 0 Å². The van der Waals surface area contributed by atoms with Crippen molar-refractivity contribution in [1.29, 1.82) is 0 Å². The number of Topliss-reactive ketones (excluding diaryl/α,β-unsaturated/α-hetero) is 1. The Balaban J connectivity index is 1.41. The fraction of sp³-hybridized carbons (Fsp3) is 0.385. The number of urea groups is 1. The minimum absolute atomic E-state index is 0.0940. The number of benzene rings is 1.